The summed E-state index contributed by atoms with van der Waals surface area (Å²) < 4.78 is 89.8. The number of methoxy groups -OCH3 is 1. The molecule has 0 aliphatic carbocycles. The summed E-state index contributed by atoms with van der Waals surface area (Å²) >= 11 is 0. The highest BCUT2D eigenvalue weighted by Gasteiger charge is 2.30. The van der Waals surface area contributed by atoms with Crippen molar-refractivity contribution in [1.82, 2.24) is 9.97 Å². The highest BCUT2D eigenvalue weighted by atomic mass is 32.2. The summed E-state index contributed by atoms with van der Waals surface area (Å²) in [4.78, 5) is 8.01. The van der Waals surface area contributed by atoms with Crippen LogP contribution in [0.15, 0.2) is 48.7 Å². The number of benzene rings is 1. The van der Waals surface area contributed by atoms with Gasteiger partial charge in [-0.2, -0.15) is 13.2 Å². The van der Waals surface area contributed by atoms with Crippen molar-refractivity contribution in [2.45, 2.75) is 12.8 Å². The first-order chi connectivity index (χ1) is 15.2. The second kappa shape index (κ2) is 9.90. The van der Waals surface area contributed by atoms with Crippen LogP contribution in [0.2, 0.25) is 0 Å². The van der Waals surface area contributed by atoms with Gasteiger partial charge < -0.3 is 9.47 Å². The van der Waals surface area contributed by atoms with E-state index in [1.807, 2.05) is 0 Å². The molecule has 0 fully saturated rings. The van der Waals surface area contributed by atoms with E-state index in [4.69, 9.17) is 9.47 Å². The third-order valence-electron chi connectivity index (χ3n) is 4.10. The predicted molar refractivity (Wildman–Crippen MR) is 107 cm³/mol. The van der Waals surface area contributed by atoms with Gasteiger partial charge in [0.05, 0.1) is 12.7 Å². The number of nitrogens with zero attached hydrogens (tertiary/aromatic N) is 2. The van der Waals surface area contributed by atoms with Gasteiger partial charge >= 0.3 is 6.18 Å². The first-order valence-corrected chi connectivity index (χ1v) is 10.2. The first kappa shape index (κ1) is 23.4. The van der Waals surface area contributed by atoms with E-state index in [1.165, 1.54) is 37.6 Å². The molecule has 2 heterocycles. The second-order valence-electron chi connectivity index (χ2n) is 6.30. The SMILES string of the molecule is COc1ncc(-c2nc(OCc3cccc(C(F)(F)F)c3)ccc2F)cc1NS(=O)CF. The van der Waals surface area contributed by atoms with Crippen molar-refractivity contribution in [3.05, 3.63) is 65.6 Å². The monoisotopic (exact) mass is 473 g/mol. The molecule has 1 aromatic carbocycles. The van der Waals surface area contributed by atoms with Crippen LogP contribution in [0.1, 0.15) is 11.1 Å². The summed E-state index contributed by atoms with van der Waals surface area (Å²) in [5.41, 5.74) is -0.556. The average molecular weight is 473 g/mol. The lowest BCUT2D eigenvalue weighted by Gasteiger charge is -2.12. The number of ether oxygens (including phenoxy) is 2. The summed E-state index contributed by atoms with van der Waals surface area (Å²) in [6.45, 7) is -0.231. The molecular formula is C20H16F5N3O3S. The fourth-order valence-electron chi connectivity index (χ4n) is 2.67. The minimum absolute atomic E-state index is 0.00732. The summed E-state index contributed by atoms with van der Waals surface area (Å²) in [7, 11) is -0.754. The van der Waals surface area contributed by atoms with Crippen molar-refractivity contribution < 1.29 is 35.6 Å². The lowest BCUT2D eigenvalue weighted by molar-refractivity contribution is -0.137. The van der Waals surface area contributed by atoms with E-state index in [0.717, 1.165) is 18.2 Å². The van der Waals surface area contributed by atoms with Crippen molar-refractivity contribution in [1.29, 1.82) is 0 Å². The lowest BCUT2D eigenvalue weighted by Crippen LogP contribution is -2.08. The minimum atomic E-state index is -4.49. The number of hydrogen-bond donors (Lipinski definition) is 1. The van der Waals surface area contributed by atoms with Crippen LogP contribution in [0.25, 0.3) is 11.3 Å². The summed E-state index contributed by atoms with van der Waals surface area (Å²) in [5.74, 6) is -0.773. The Morgan fingerprint density at radius 3 is 2.62 bits per heavy atom. The Kier molecular flexibility index (Phi) is 7.23. The molecule has 32 heavy (non-hydrogen) atoms. The quantitative estimate of drug-likeness (QED) is 0.472. The Hall–Kier alpha value is -3.28. The Morgan fingerprint density at radius 2 is 1.94 bits per heavy atom. The number of halogens is 5. The van der Waals surface area contributed by atoms with E-state index < -0.39 is 34.5 Å². The van der Waals surface area contributed by atoms with Gasteiger partial charge in [-0.05, 0) is 29.8 Å². The van der Waals surface area contributed by atoms with Gasteiger partial charge in [0.25, 0.3) is 0 Å². The number of alkyl halides is 4. The van der Waals surface area contributed by atoms with E-state index in [0.29, 0.717) is 0 Å². The van der Waals surface area contributed by atoms with E-state index in [1.54, 1.807) is 0 Å². The molecule has 0 spiro atoms. The van der Waals surface area contributed by atoms with Gasteiger partial charge in [-0.25, -0.2) is 23.0 Å². The van der Waals surface area contributed by atoms with Gasteiger partial charge in [0.1, 0.15) is 34.8 Å². The topological polar surface area (TPSA) is 73.3 Å². The molecule has 0 aliphatic heterocycles. The fourth-order valence-corrected chi connectivity index (χ4v) is 3.12. The zero-order valence-corrected chi connectivity index (χ0v) is 17.3. The molecule has 0 amide bonds. The van der Waals surface area contributed by atoms with Crippen LogP contribution in [-0.4, -0.2) is 27.3 Å². The number of hydrogen-bond acceptors (Lipinski definition) is 5. The van der Waals surface area contributed by atoms with E-state index in [-0.39, 0.29) is 40.9 Å². The summed E-state index contributed by atoms with van der Waals surface area (Å²) in [6.07, 6.45) is -3.25. The Balaban J connectivity index is 1.85. The Labute approximate surface area is 182 Å². The van der Waals surface area contributed by atoms with E-state index in [9.17, 15) is 26.2 Å². The molecule has 1 N–H and O–H groups in total. The average Bonchev–Trinajstić information content (AvgIpc) is 2.78. The molecule has 0 bridgehead atoms. The zero-order valence-electron chi connectivity index (χ0n) is 16.5. The molecule has 2 aromatic heterocycles. The fraction of sp³-hybridized carbons (Fsp3) is 0.200. The summed E-state index contributed by atoms with van der Waals surface area (Å²) in [6, 6.07) is 7.04. The zero-order chi connectivity index (χ0) is 23.3. The van der Waals surface area contributed by atoms with Crippen LogP contribution in [0, 0.1) is 5.82 Å². The molecule has 1 unspecified atom stereocenters. The lowest BCUT2D eigenvalue weighted by atomic mass is 10.1. The molecule has 170 valence electrons. The number of pyridine rings is 2. The second-order valence-corrected chi connectivity index (χ2v) is 7.42. The first-order valence-electron chi connectivity index (χ1n) is 8.92. The van der Waals surface area contributed by atoms with Crippen LogP contribution in [0.3, 0.4) is 0 Å². The normalized spacial score (nSPS) is 12.3. The largest absolute Gasteiger partial charge is 0.480 e. The van der Waals surface area contributed by atoms with Gasteiger partial charge in [0, 0.05) is 17.8 Å². The third kappa shape index (κ3) is 5.69. The van der Waals surface area contributed by atoms with Gasteiger partial charge in [-0.15, -0.1) is 0 Å². The highest BCUT2D eigenvalue weighted by Crippen LogP contribution is 2.31. The van der Waals surface area contributed by atoms with E-state index >= 15 is 0 Å². The van der Waals surface area contributed by atoms with Crippen LogP contribution in [0.4, 0.5) is 27.6 Å². The van der Waals surface area contributed by atoms with Crippen molar-refractivity contribution in [2.75, 3.05) is 17.8 Å². The minimum Gasteiger partial charge on any atom is -0.480 e. The van der Waals surface area contributed by atoms with Crippen LogP contribution < -0.4 is 14.2 Å². The standard InChI is InChI=1S/C20H16F5N3O3S/c1-30-19-16(28-32(29)11-21)8-13(9-26-19)18-15(22)5-6-17(27-18)31-10-12-3-2-4-14(7-12)20(23,24)25/h2-9,28H,10-11H2,1H3. The van der Waals surface area contributed by atoms with Crippen molar-refractivity contribution in [3.8, 4) is 23.0 Å². The van der Waals surface area contributed by atoms with Gasteiger partial charge in [-0.1, -0.05) is 12.1 Å². The maximum atomic E-state index is 14.4. The number of anilines is 1. The van der Waals surface area contributed by atoms with Gasteiger partial charge in [0.15, 0.2) is 6.01 Å². The Bertz CT molecular complexity index is 1130. The maximum Gasteiger partial charge on any atom is 0.416 e. The molecule has 0 saturated heterocycles. The Morgan fingerprint density at radius 1 is 1.16 bits per heavy atom. The number of rotatable bonds is 8. The molecule has 0 radical (unpaired) electrons. The maximum absolute atomic E-state index is 14.4. The molecule has 0 saturated carbocycles. The van der Waals surface area contributed by atoms with Crippen LogP contribution in [-0.2, 0) is 23.8 Å². The molecule has 12 heteroatoms. The van der Waals surface area contributed by atoms with Gasteiger partial charge in [-0.3, -0.25) is 4.72 Å². The van der Waals surface area contributed by atoms with Gasteiger partial charge in [0.2, 0.25) is 11.8 Å². The molecule has 6 nitrogen and oxygen atoms in total. The third-order valence-corrected chi connectivity index (χ3v) is 4.75. The van der Waals surface area contributed by atoms with E-state index in [2.05, 4.69) is 14.7 Å². The van der Waals surface area contributed by atoms with Crippen LogP contribution >= 0.6 is 0 Å². The van der Waals surface area contributed by atoms with Crippen molar-refractivity contribution in [3.63, 3.8) is 0 Å². The molecule has 3 aromatic rings. The number of nitrogens with one attached hydrogen (secondary N) is 1. The summed E-state index contributed by atoms with van der Waals surface area (Å²) in [5, 5.41) is 0. The predicted octanol–water partition coefficient (Wildman–Crippen LogP) is 4.89. The molecular weight excluding hydrogens is 457 g/mol. The number of aromatic nitrogens is 2. The smallest absolute Gasteiger partial charge is 0.416 e. The highest BCUT2D eigenvalue weighted by molar-refractivity contribution is 7.86. The molecule has 0 aliphatic rings. The van der Waals surface area contributed by atoms with Crippen molar-refractivity contribution in [2.24, 2.45) is 0 Å². The molecule has 3 rings (SSSR count). The van der Waals surface area contributed by atoms with Crippen LogP contribution in [0.5, 0.6) is 11.8 Å². The van der Waals surface area contributed by atoms with Crippen molar-refractivity contribution >= 4 is 16.7 Å². The molecule has 1 atom stereocenters.